The summed E-state index contributed by atoms with van der Waals surface area (Å²) in [6.45, 7) is 2.27. The molecule has 0 unspecified atom stereocenters. The molecular formula is C26H31FN4O. The van der Waals surface area contributed by atoms with Gasteiger partial charge in [-0.2, -0.15) is 0 Å². The molecule has 0 bridgehead atoms. The van der Waals surface area contributed by atoms with Crippen molar-refractivity contribution in [3.8, 4) is 0 Å². The smallest absolute Gasteiger partial charge is 0.223 e. The van der Waals surface area contributed by atoms with Crippen molar-refractivity contribution in [3.63, 3.8) is 0 Å². The number of halogens is 1. The number of hydrogen-bond acceptors (Lipinski definition) is 3. The highest BCUT2D eigenvalue weighted by molar-refractivity contribution is 5.80. The second-order valence-electron chi connectivity index (χ2n) is 9.22. The molecule has 0 atom stereocenters. The first kappa shape index (κ1) is 21.0. The van der Waals surface area contributed by atoms with E-state index >= 15 is 0 Å². The molecule has 2 aromatic carbocycles. The first-order chi connectivity index (χ1) is 15.7. The van der Waals surface area contributed by atoms with Gasteiger partial charge in [0.15, 0.2) is 0 Å². The van der Waals surface area contributed by atoms with Gasteiger partial charge in [-0.3, -0.25) is 4.79 Å². The van der Waals surface area contributed by atoms with Crippen LogP contribution in [0.1, 0.15) is 50.5 Å². The summed E-state index contributed by atoms with van der Waals surface area (Å²) in [5.41, 5.74) is 3.07. The average molecular weight is 435 g/mol. The van der Waals surface area contributed by atoms with Gasteiger partial charge >= 0.3 is 0 Å². The van der Waals surface area contributed by atoms with E-state index in [4.69, 9.17) is 4.98 Å². The number of imidazole rings is 1. The van der Waals surface area contributed by atoms with Crippen molar-refractivity contribution in [1.82, 2.24) is 14.9 Å². The van der Waals surface area contributed by atoms with Crippen LogP contribution in [0.3, 0.4) is 0 Å². The second kappa shape index (κ2) is 9.31. The summed E-state index contributed by atoms with van der Waals surface area (Å²) in [6.07, 6.45) is 7.69. The predicted octanol–water partition coefficient (Wildman–Crippen LogP) is 4.89. The molecule has 1 aromatic heterocycles. The van der Waals surface area contributed by atoms with Gasteiger partial charge in [-0.25, -0.2) is 9.37 Å². The lowest BCUT2D eigenvalue weighted by Crippen LogP contribution is -2.45. The Morgan fingerprint density at radius 1 is 0.969 bits per heavy atom. The Labute approximate surface area is 188 Å². The van der Waals surface area contributed by atoms with Gasteiger partial charge in [-0.1, -0.05) is 43.5 Å². The lowest BCUT2D eigenvalue weighted by Gasteiger charge is -2.33. The molecule has 1 N–H and O–H groups in total. The Morgan fingerprint density at radius 2 is 1.69 bits per heavy atom. The molecule has 1 aliphatic carbocycles. The van der Waals surface area contributed by atoms with Crippen molar-refractivity contribution in [2.75, 3.05) is 18.0 Å². The topological polar surface area (TPSA) is 50.2 Å². The highest BCUT2D eigenvalue weighted by Gasteiger charge is 2.29. The summed E-state index contributed by atoms with van der Waals surface area (Å²) in [4.78, 5) is 20.0. The van der Waals surface area contributed by atoms with Gasteiger partial charge in [0.2, 0.25) is 11.9 Å². The van der Waals surface area contributed by atoms with Crippen LogP contribution in [-0.2, 0) is 11.3 Å². The fourth-order valence-corrected chi connectivity index (χ4v) is 5.14. The Balaban J connectivity index is 1.30. The maximum absolute atomic E-state index is 13.4. The van der Waals surface area contributed by atoms with Gasteiger partial charge < -0.3 is 14.8 Å². The molecule has 3 aromatic rings. The predicted molar refractivity (Wildman–Crippen MR) is 125 cm³/mol. The molecule has 1 amide bonds. The standard InChI is InChI=1S/C26H31FN4O/c27-21-12-10-19(11-13-21)18-31-24-9-5-4-8-23(24)29-26(31)30-16-14-20(15-17-30)25(32)28-22-6-2-1-3-7-22/h4-5,8-13,20,22H,1-3,6-7,14-18H2,(H,28,32). The quantitative estimate of drug-likeness (QED) is 0.622. The highest BCUT2D eigenvalue weighted by Crippen LogP contribution is 2.28. The van der Waals surface area contributed by atoms with Crippen LogP contribution in [0.25, 0.3) is 11.0 Å². The number of rotatable bonds is 5. The minimum Gasteiger partial charge on any atom is -0.353 e. The maximum atomic E-state index is 13.4. The van der Waals surface area contributed by atoms with Crippen molar-refractivity contribution in [2.24, 2.45) is 5.92 Å². The van der Waals surface area contributed by atoms with Crippen LogP contribution in [0, 0.1) is 11.7 Å². The zero-order valence-corrected chi connectivity index (χ0v) is 18.5. The molecule has 32 heavy (non-hydrogen) atoms. The number of nitrogens with one attached hydrogen (secondary N) is 1. The number of fused-ring (bicyclic) bond motifs is 1. The lowest BCUT2D eigenvalue weighted by atomic mass is 9.92. The van der Waals surface area contributed by atoms with Crippen LogP contribution >= 0.6 is 0 Å². The molecule has 5 rings (SSSR count). The van der Waals surface area contributed by atoms with Crippen molar-refractivity contribution >= 4 is 22.9 Å². The molecule has 0 radical (unpaired) electrons. The number of amides is 1. The SMILES string of the molecule is O=C(NC1CCCCC1)C1CCN(c2nc3ccccc3n2Cc2ccc(F)cc2)CC1. The van der Waals surface area contributed by atoms with E-state index in [0.29, 0.717) is 12.6 Å². The fourth-order valence-electron chi connectivity index (χ4n) is 5.14. The van der Waals surface area contributed by atoms with Crippen LogP contribution in [0.4, 0.5) is 10.3 Å². The molecular weight excluding hydrogens is 403 g/mol. The fraction of sp³-hybridized carbons (Fsp3) is 0.462. The summed E-state index contributed by atoms with van der Waals surface area (Å²) in [5.74, 6) is 1.03. The molecule has 168 valence electrons. The molecule has 2 heterocycles. The Hall–Kier alpha value is -2.89. The van der Waals surface area contributed by atoms with Gasteiger partial charge in [0.25, 0.3) is 0 Å². The van der Waals surface area contributed by atoms with E-state index in [1.807, 2.05) is 30.3 Å². The Bertz CT molecular complexity index is 1060. The maximum Gasteiger partial charge on any atom is 0.223 e. The summed E-state index contributed by atoms with van der Waals surface area (Å²) in [5, 5.41) is 3.30. The number of carbonyl (C=O) groups is 1. The number of piperidine rings is 1. The van der Waals surface area contributed by atoms with E-state index in [-0.39, 0.29) is 17.6 Å². The number of nitrogens with zero attached hydrogens (tertiary/aromatic N) is 3. The molecule has 5 nitrogen and oxygen atoms in total. The summed E-state index contributed by atoms with van der Waals surface area (Å²) in [7, 11) is 0. The zero-order chi connectivity index (χ0) is 21.9. The third-order valence-electron chi connectivity index (χ3n) is 6.99. The highest BCUT2D eigenvalue weighted by atomic mass is 19.1. The largest absolute Gasteiger partial charge is 0.353 e. The number of carbonyl (C=O) groups excluding carboxylic acids is 1. The first-order valence-corrected chi connectivity index (χ1v) is 11.9. The molecule has 1 saturated carbocycles. The Morgan fingerprint density at radius 3 is 2.44 bits per heavy atom. The van der Waals surface area contributed by atoms with Crippen molar-refractivity contribution in [1.29, 1.82) is 0 Å². The van der Waals surface area contributed by atoms with Crippen LogP contribution in [0.5, 0.6) is 0 Å². The van der Waals surface area contributed by atoms with Gasteiger partial charge in [0.1, 0.15) is 5.82 Å². The van der Waals surface area contributed by atoms with E-state index in [9.17, 15) is 9.18 Å². The molecule has 1 aliphatic heterocycles. The normalized spacial score (nSPS) is 18.2. The number of aromatic nitrogens is 2. The van der Waals surface area contributed by atoms with Crippen molar-refractivity contribution in [2.45, 2.75) is 57.5 Å². The molecule has 6 heteroatoms. The first-order valence-electron chi connectivity index (χ1n) is 11.9. The van der Waals surface area contributed by atoms with Crippen LogP contribution in [0.15, 0.2) is 48.5 Å². The van der Waals surface area contributed by atoms with Gasteiger partial charge in [-0.05, 0) is 55.5 Å². The van der Waals surface area contributed by atoms with Crippen LogP contribution in [0.2, 0.25) is 0 Å². The number of anilines is 1. The summed E-state index contributed by atoms with van der Waals surface area (Å²) in [6, 6.07) is 15.2. The van der Waals surface area contributed by atoms with Gasteiger partial charge in [-0.15, -0.1) is 0 Å². The van der Waals surface area contributed by atoms with E-state index in [2.05, 4.69) is 20.9 Å². The molecule has 1 saturated heterocycles. The summed E-state index contributed by atoms with van der Waals surface area (Å²) < 4.78 is 15.6. The summed E-state index contributed by atoms with van der Waals surface area (Å²) >= 11 is 0. The van der Waals surface area contributed by atoms with Gasteiger partial charge in [0, 0.05) is 25.0 Å². The number of para-hydroxylation sites is 2. The van der Waals surface area contributed by atoms with E-state index < -0.39 is 0 Å². The average Bonchev–Trinajstić information content (AvgIpc) is 3.19. The lowest BCUT2D eigenvalue weighted by molar-refractivity contribution is -0.126. The van der Waals surface area contributed by atoms with E-state index in [1.54, 1.807) is 0 Å². The Kier molecular flexibility index (Phi) is 6.10. The van der Waals surface area contributed by atoms with Crippen molar-refractivity contribution < 1.29 is 9.18 Å². The third-order valence-corrected chi connectivity index (χ3v) is 6.99. The minimum absolute atomic E-state index is 0.0862. The molecule has 2 aliphatic rings. The van der Waals surface area contributed by atoms with Crippen molar-refractivity contribution in [3.05, 3.63) is 59.9 Å². The van der Waals surface area contributed by atoms with Crippen LogP contribution < -0.4 is 10.2 Å². The van der Waals surface area contributed by atoms with E-state index in [0.717, 1.165) is 61.3 Å². The third kappa shape index (κ3) is 4.50. The van der Waals surface area contributed by atoms with E-state index in [1.165, 1.54) is 31.4 Å². The number of hydrogen-bond donors (Lipinski definition) is 1. The minimum atomic E-state index is -0.224. The monoisotopic (exact) mass is 434 g/mol. The number of benzene rings is 2. The molecule has 0 spiro atoms. The van der Waals surface area contributed by atoms with Gasteiger partial charge in [0.05, 0.1) is 17.6 Å². The second-order valence-corrected chi connectivity index (χ2v) is 9.22. The molecule has 2 fully saturated rings. The zero-order valence-electron chi connectivity index (χ0n) is 18.5. The van der Waals surface area contributed by atoms with Crippen LogP contribution in [-0.4, -0.2) is 34.6 Å².